The van der Waals surface area contributed by atoms with Crippen LogP contribution in [0.4, 0.5) is 0 Å². The number of hydrogen-bond donors (Lipinski definition) is 1. The zero-order chi connectivity index (χ0) is 11.6. The van der Waals surface area contributed by atoms with E-state index in [4.69, 9.17) is 28.9 Å². The van der Waals surface area contributed by atoms with Crippen LogP contribution in [0.15, 0.2) is 18.2 Å². The molecule has 80 valence electrons. The molecule has 0 saturated carbocycles. The van der Waals surface area contributed by atoms with Crippen molar-refractivity contribution in [2.45, 2.75) is 12.8 Å². The summed E-state index contributed by atoms with van der Waals surface area (Å²) in [6.07, 6.45) is 0. The molecule has 0 fully saturated rings. The van der Waals surface area contributed by atoms with E-state index in [1.54, 1.807) is 6.07 Å². The number of primary amides is 1. The summed E-state index contributed by atoms with van der Waals surface area (Å²) in [6, 6.07) is 4.56. The zero-order valence-electron chi connectivity index (χ0n) is 7.96. The maximum Gasteiger partial charge on any atom is 0.232 e. The van der Waals surface area contributed by atoms with E-state index in [1.165, 1.54) is 19.1 Å². The molecule has 0 radical (unpaired) electrons. The first-order valence-corrected chi connectivity index (χ1v) is 4.93. The molecular weight excluding hydrogens is 237 g/mol. The van der Waals surface area contributed by atoms with Gasteiger partial charge in [0.2, 0.25) is 5.91 Å². The number of hydrogen-bond acceptors (Lipinski definition) is 2. The van der Waals surface area contributed by atoms with Gasteiger partial charge < -0.3 is 5.73 Å². The van der Waals surface area contributed by atoms with Gasteiger partial charge in [0.05, 0.1) is 0 Å². The van der Waals surface area contributed by atoms with Crippen molar-refractivity contribution in [2.75, 3.05) is 0 Å². The second-order valence-electron chi connectivity index (χ2n) is 3.11. The smallest absolute Gasteiger partial charge is 0.232 e. The van der Waals surface area contributed by atoms with Gasteiger partial charge in [-0.2, -0.15) is 0 Å². The predicted octanol–water partition coefficient (Wildman–Crippen LogP) is 2.15. The molecule has 15 heavy (non-hydrogen) atoms. The van der Waals surface area contributed by atoms with Gasteiger partial charge in [-0.1, -0.05) is 29.3 Å². The summed E-state index contributed by atoms with van der Waals surface area (Å²) in [5.41, 5.74) is 5.52. The summed E-state index contributed by atoms with van der Waals surface area (Å²) in [7, 11) is 0. The number of benzene rings is 1. The van der Waals surface area contributed by atoms with Gasteiger partial charge in [-0.15, -0.1) is 0 Å². The normalized spacial score (nSPS) is 12.2. The maximum atomic E-state index is 11.2. The third kappa shape index (κ3) is 2.70. The molecule has 0 heterocycles. The van der Waals surface area contributed by atoms with Crippen molar-refractivity contribution in [3.8, 4) is 0 Å². The molecule has 1 atom stereocenters. The Balaban J connectivity index is 3.23. The molecular formula is C10H9Cl2NO2. The van der Waals surface area contributed by atoms with Crippen LogP contribution in [-0.4, -0.2) is 11.7 Å². The molecule has 5 heteroatoms. The van der Waals surface area contributed by atoms with E-state index in [0.29, 0.717) is 10.6 Å². The van der Waals surface area contributed by atoms with Gasteiger partial charge >= 0.3 is 0 Å². The van der Waals surface area contributed by atoms with Crippen molar-refractivity contribution in [1.82, 2.24) is 0 Å². The van der Waals surface area contributed by atoms with Crippen LogP contribution in [0.25, 0.3) is 0 Å². The van der Waals surface area contributed by atoms with E-state index < -0.39 is 11.8 Å². The first kappa shape index (κ1) is 12.0. The van der Waals surface area contributed by atoms with Crippen molar-refractivity contribution < 1.29 is 9.59 Å². The van der Waals surface area contributed by atoms with E-state index in [0.717, 1.165) is 0 Å². The lowest BCUT2D eigenvalue weighted by molar-refractivity contribution is -0.127. The van der Waals surface area contributed by atoms with Gasteiger partial charge in [0.25, 0.3) is 0 Å². The van der Waals surface area contributed by atoms with Crippen LogP contribution in [-0.2, 0) is 9.59 Å². The molecule has 1 rings (SSSR count). The van der Waals surface area contributed by atoms with E-state index >= 15 is 0 Å². The van der Waals surface area contributed by atoms with Crippen LogP contribution < -0.4 is 5.73 Å². The van der Waals surface area contributed by atoms with Gasteiger partial charge in [0, 0.05) is 10.0 Å². The highest BCUT2D eigenvalue weighted by molar-refractivity contribution is 6.35. The number of nitrogens with two attached hydrogens (primary N) is 1. The molecule has 0 spiro atoms. The lowest BCUT2D eigenvalue weighted by atomic mass is 9.95. The predicted molar refractivity (Wildman–Crippen MR) is 59.1 cm³/mol. The highest BCUT2D eigenvalue weighted by atomic mass is 35.5. The second-order valence-corrected chi connectivity index (χ2v) is 3.96. The number of ketones is 1. The average Bonchev–Trinajstić information content (AvgIpc) is 2.08. The Hall–Kier alpha value is -1.06. The zero-order valence-corrected chi connectivity index (χ0v) is 9.47. The first-order valence-electron chi connectivity index (χ1n) is 4.18. The van der Waals surface area contributed by atoms with Gasteiger partial charge in [-0.05, 0) is 24.6 Å². The van der Waals surface area contributed by atoms with Crippen LogP contribution in [0.3, 0.4) is 0 Å². The Kier molecular flexibility index (Phi) is 3.72. The maximum absolute atomic E-state index is 11.2. The highest BCUT2D eigenvalue weighted by Crippen LogP contribution is 2.28. The number of halogens is 2. The van der Waals surface area contributed by atoms with Gasteiger partial charge in [0.1, 0.15) is 11.7 Å². The van der Waals surface area contributed by atoms with E-state index in [9.17, 15) is 9.59 Å². The number of Topliss-reactive ketones (excluding diaryl/α,β-unsaturated/α-hetero) is 1. The van der Waals surface area contributed by atoms with Crippen LogP contribution >= 0.6 is 23.2 Å². The Morgan fingerprint density at radius 3 is 2.33 bits per heavy atom. The van der Waals surface area contributed by atoms with Crippen LogP contribution in [0.5, 0.6) is 0 Å². The summed E-state index contributed by atoms with van der Waals surface area (Å²) in [6.45, 7) is 1.29. The highest BCUT2D eigenvalue weighted by Gasteiger charge is 2.24. The van der Waals surface area contributed by atoms with E-state index in [-0.39, 0.29) is 10.8 Å². The topological polar surface area (TPSA) is 60.2 Å². The third-order valence-electron chi connectivity index (χ3n) is 1.96. The molecule has 0 bridgehead atoms. The summed E-state index contributed by atoms with van der Waals surface area (Å²) in [5, 5.41) is 0.706. The molecule has 0 saturated heterocycles. The molecule has 1 amide bonds. The van der Waals surface area contributed by atoms with Crippen LogP contribution in [0.2, 0.25) is 10.0 Å². The quantitative estimate of drug-likeness (QED) is 0.830. The van der Waals surface area contributed by atoms with E-state index in [1.807, 2.05) is 0 Å². The summed E-state index contributed by atoms with van der Waals surface area (Å²) in [5.74, 6) is -2.06. The molecule has 1 aromatic rings. The van der Waals surface area contributed by atoms with Crippen molar-refractivity contribution in [3.05, 3.63) is 33.8 Å². The number of carbonyl (C=O) groups is 2. The van der Waals surface area contributed by atoms with Crippen molar-refractivity contribution in [3.63, 3.8) is 0 Å². The number of rotatable bonds is 3. The van der Waals surface area contributed by atoms with Gasteiger partial charge in [-0.3, -0.25) is 9.59 Å². The minimum absolute atomic E-state index is 0.265. The minimum Gasteiger partial charge on any atom is -0.369 e. The largest absolute Gasteiger partial charge is 0.369 e. The number of amides is 1. The van der Waals surface area contributed by atoms with Gasteiger partial charge in [0.15, 0.2) is 0 Å². The fraction of sp³-hybridized carbons (Fsp3) is 0.200. The lowest BCUT2D eigenvalue weighted by Gasteiger charge is -2.11. The Labute approximate surface area is 97.2 Å². The first-order chi connectivity index (χ1) is 6.93. The molecule has 1 unspecified atom stereocenters. The molecule has 2 N–H and O–H groups in total. The van der Waals surface area contributed by atoms with Crippen molar-refractivity contribution in [2.24, 2.45) is 5.73 Å². The monoisotopic (exact) mass is 245 g/mol. The minimum atomic E-state index is -1.00. The fourth-order valence-corrected chi connectivity index (χ4v) is 1.83. The Bertz CT molecular complexity index is 404. The molecule has 0 aromatic heterocycles. The van der Waals surface area contributed by atoms with Gasteiger partial charge in [-0.25, -0.2) is 0 Å². The molecule has 0 aliphatic carbocycles. The SMILES string of the molecule is CC(=O)C(C(N)=O)c1ccc(Cl)cc1Cl. The standard InChI is InChI=1S/C10H9Cl2NO2/c1-5(14)9(10(13)15)7-3-2-6(11)4-8(7)12/h2-4,9H,1H3,(H2,13,15). The summed E-state index contributed by atoms with van der Waals surface area (Å²) < 4.78 is 0. The summed E-state index contributed by atoms with van der Waals surface area (Å²) >= 11 is 11.6. The lowest BCUT2D eigenvalue weighted by Crippen LogP contribution is -2.27. The van der Waals surface area contributed by atoms with Crippen LogP contribution in [0.1, 0.15) is 18.4 Å². The number of carbonyl (C=O) groups excluding carboxylic acids is 2. The van der Waals surface area contributed by atoms with Crippen molar-refractivity contribution >= 4 is 34.9 Å². The van der Waals surface area contributed by atoms with Crippen LogP contribution in [0, 0.1) is 0 Å². The van der Waals surface area contributed by atoms with Crippen molar-refractivity contribution in [1.29, 1.82) is 0 Å². The molecule has 0 aliphatic rings. The summed E-state index contributed by atoms with van der Waals surface area (Å²) in [4.78, 5) is 22.3. The fourth-order valence-electron chi connectivity index (χ4n) is 1.31. The molecule has 3 nitrogen and oxygen atoms in total. The second kappa shape index (κ2) is 4.64. The Morgan fingerprint density at radius 2 is 1.93 bits per heavy atom. The Morgan fingerprint density at radius 1 is 1.33 bits per heavy atom. The third-order valence-corrected chi connectivity index (χ3v) is 2.53. The van der Waals surface area contributed by atoms with E-state index in [2.05, 4.69) is 0 Å². The molecule has 0 aliphatic heterocycles. The molecule has 1 aromatic carbocycles. The average molecular weight is 246 g/mol.